The molecule has 138 valence electrons. The van der Waals surface area contributed by atoms with Crippen molar-refractivity contribution >= 4 is 22.4 Å². The molecule has 2 aliphatic heterocycles. The van der Waals surface area contributed by atoms with Crippen LogP contribution >= 0.6 is 0 Å². The topological polar surface area (TPSA) is 157 Å². The Morgan fingerprint density at radius 3 is 2.33 bits per heavy atom. The summed E-state index contributed by atoms with van der Waals surface area (Å²) in [5, 5.41) is 18.2. The van der Waals surface area contributed by atoms with Gasteiger partial charge in [-0.2, -0.15) is 13.5 Å². The smallest absolute Gasteiger partial charge is 0.432 e. The summed E-state index contributed by atoms with van der Waals surface area (Å²) in [5.74, 6) is -0.155. The molecule has 12 heteroatoms. The van der Waals surface area contributed by atoms with Crippen LogP contribution in [0.5, 0.6) is 0 Å². The lowest BCUT2D eigenvalue weighted by Crippen LogP contribution is -2.57. The summed E-state index contributed by atoms with van der Waals surface area (Å²) < 4.78 is 34.2. The van der Waals surface area contributed by atoms with Gasteiger partial charge in [-0.15, -0.1) is 4.28 Å². The van der Waals surface area contributed by atoms with E-state index in [0.29, 0.717) is 6.42 Å². The first-order valence-corrected chi connectivity index (χ1v) is 9.06. The molecule has 24 heavy (non-hydrogen) atoms. The maximum Gasteiger partial charge on any atom is 0.432 e. The number of hydrogen-bond acceptors (Lipinski definition) is 7. The maximum absolute atomic E-state index is 12.2. The Kier molecular flexibility index (Phi) is 6.34. The van der Waals surface area contributed by atoms with Gasteiger partial charge < -0.3 is 21.1 Å². The number of carbonyl (C=O) groups excluding carboxylic acids is 1. The molecule has 2 amide bonds. The zero-order valence-corrected chi connectivity index (χ0v) is 13.8. The molecule has 2 aliphatic rings. The van der Waals surface area contributed by atoms with Crippen molar-refractivity contribution in [1.29, 1.82) is 0 Å². The first-order valence-electron chi connectivity index (χ1n) is 7.70. The van der Waals surface area contributed by atoms with Gasteiger partial charge in [-0.3, -0.25) is 9.35 Å². The predicted octanol–water partition coefficient (Wildman–Crippen LogP) is -1.31. The van der Waals surface area contributed by atoms with E-state index in [9.17, 15) is 18.0 Å². The van der Waals surface area contributed by atoms with E-state index in [2.05, 4.69) is 20.2 Å². The monoisotopic (exact) mass is 366 g/mol. The molecule has 0 radical (unpaired) electrons. The zero-order valence-electron chi connectivity index (χ0n) is 13.0. The van der Waals surface area contributed by atoms with Gasteiger partial charge in [0.15, 0.2) is 0 Å². The fourth-order valence-corrected chi connectivity index (χ4v) is 3.27. The number of rotatable bonds is 5. The highest BCUT2D eigenvalue weighted by Gasteiger charge is 2.35. The SMILES string of the molecule is O=C(NC1CCNCC1)[C@@H]1CC[C@@H](N(OS(=O)(=O)O)C(=O)O)CN1. The molecule has 2 fully saturated rings. The van der Waals surface area contributed by atoms with Crippen molar-refractivity contribution in [3.63, 3.8) is 0 Å². The number of carbonyl (C=O) groups is 2. The number of nitrogens with one attached hydrogen (secondary N) is 3. The predicted molar refractivity (Wildman–Crippen MR) is 81.3 cm³/mol. The van der Waals surface area contributed by atoms with E-state index in [1.807, 2.05) is 0 Å². The van der Waals surface area contributed by atoms with Crippen LogP contribution < -0.4 is 16.0 Å². The van der Waals surface area contributed by atoms with Crippen LogP contribution in [0.4, 0.5) is 4.79 Å². The molecule has 0 aliphatic carbocycles. The van der Waals surface area contributed by atoms with Crippen LogP contribution in [-0.2, 0) is 19.5 Å². The van der Waals surface area contributed by atoms with Crippen molar-refractivity contribution in [2.45, 2.75) is 43.8 Å². The Balaban J connectivity index is 1.85. The minimum absolute atomic E-state index is 0.0339. The number of carboxylic acid groups (broad SMARTS) is 1. The van der Waals surface area contributed by atoms with E-state index in [4.69, 9.17) is 9.66 Å². The third-order valence-corrected chi connectivity index (χ3v) is 4.43. The molecule has 11 nitrogen and oxygen atoms in total. The van der Waals surface area contributed by atoms with Gasteiger partial charge >= 0.3 is 16.5 Å². The van der Waals surface area contributed by atoms with Gasteiger partial charge in [0.2, 0.25) is 5.91 Å². The second-order valence-corrected chi connectivity index (χ2v) is 6.84. The highest BCUT2D eigenvalue weighted by atomic mass is 32.3. The van der Waals surface area contributed by atoms with E-state index in [1.54, 1.807) is 0 Å². The Morgan fingerprint density at radius 2 is 1.83 bits per heavy atom. The largest absolute Gasteiger partial charge is 0.463 e. The second kappa shape index (κ2) is 8.07. The van der Waals surface area contributed by atoms with Gasteiger partial charge in [0.05, 0.1) is 12.1 Å². The van der Waals surface area contributed by atoms with Gasteiger partial charge in [-0.1, -0.05) is 0 Å². The van der Waals surface area contributed by atoms with Crippen molar-refractivity contribution in [3.8, 4) is 0 Å². The first-order chi connectivity index (χ1) is 11.3. The van der Waals surface area contributed by atoms with Gasteiger partial charge in [0.25, 0.3) is 0 Å². The normalized spacial score (nSPS) is 25.9. The van der Waals surface area contributed by atoms with Crippen molar-refractivity contribution in [3.05, 3.63) is 0 Å². The number of piperidine rings is 2. The Bertz CT molecular complexity index is 556. The molecular formula is C12H22N4O7S. The van der Waals surface area contributed by atoms with Crippen LogP contribution in [0.1, 0.15) is 25.7 Å². The number of amides is 2. The summed E-state index contributed by atoms with van der Waals surface area (Å²) in [5.41, 5.74) is 0. The molecule has 0 aromatic heterocycles. The van der Waals surface area contributed by atoms with Gasteiger partial charge in [0.1, 0.15) is 0 Å². The van der Waals surface area contributed by atoms with Crippen LogP contribution in [0.2, 0.25) is 0 Å². The van der Waals surface area contributed by atoms with E-state index in [1.165, 1.54) is 0 Å². The summed E-state index contributed by atoms with van der Waals surface area (Å²) >= 11 is 0. The molecule has 0 bridgehead atoms. The number of nitrogens with zero attached hydrogens (tertiary/aromatic N) is 1. The Morgan fingerprint density at radius 1 is 1.17 bits per heavy atom. The van der Waals surface area contributed by atoms with E-state index in [-0.39, 0.29) is 30.0 Å². The van der Waals surface area contributed by atoms with Crippen molar-refractivity contribution in [2.24, 2.45) is 0 Å². The average molecular weight is 366 g/mol. The molecular weight excluding hydrogens is 344 g/mol. The van der Waals surface area contributed by atoms with Crippen molar-refractivity contribution in [1.82, 2.24) is 21.0 Å². The van der Waals surface area contributed by atoms with Crippen molar-refractivity contribution in [2.75, 3.05) is 19.6 Å². The lowest BCUT2D eigenvalue weighted by molar-refractivity contribution is -0.126. The third-order valence-electron chi connectivity index (χ3n) is 4.09. The molecule has 5 N–H and O–H groups in total. The molecule has 0 aromatic rings. The molecule has 2 rings (SSSR count). The Labute approximate surface area is 139 Å². The Hall–Kier alpha value is -1.47. The molecule has 0 aromatic carbocycles. The summed E-state index contributed by atoms with van der Waals surface area (Å²) in [4.78, 5) is 23.3. The van der Waals surface area contributed by atoms with E-state index >= 15 is 0 Å². The molecule has 0 unspecified atom stereocenters. The van der Waals surface area contributed by atoms with Crippen LogP contribution in [0.15, 0.2) is 0 Å². The van der Waals surface area contributed by atoms with E-state index in [0.717, 1.165) is 25.9 Å². The fraction of sp³-hybridized carbons (Fsp3) is 0.833. The van der Waals surface area contributed by atoms with Crippen LogP contribution in [0.3, 0.4) is 0 Å². The van der Waals surface area contributed by atoms with Crippen LogP contribution in [0, 0.1) is 0 Å². The third kappa shape index (κ3) is 5.56. The summed E-state index contributed by atoms with van der Waals surface area (Å²) in [6.07, 6.45) is 0.614. The molecule has 0 spiro atoms. The highest BCUT2D eigenvalue weighted by molar-refractivity contribution is 7.80. The zero-order chi connectivity index (χ0) is 17.7. The second-order valence-electron chi connectivity index (χ2n) is 5.84. The lowest BCUT2D eigenvalue weighted by Gasteiger charge is -2.34. The highest BCUT2D eigenvalue weighted by Crippen LogP contribution is 2.17. The standard InChI is InChI=1S/C12H22N4O7S/c17-11(15-8-3-5-13-6-4-8)10-2-1-9(7-14-10)16(12(18)19)23-24(20,21)22/h8-10,13-14H,1-7H2,(H,15,17)(H,18,19)(H,20,21,22)/t9-,10+/m1/s1. The quantitative estimate of drug-likeness (QED) is 0.294. The van der Waals surface area contributed by atoms with Crippen LogP contribution in [0.25, 0.3) is 0 Å². The molecule has 2 atom stereocenters. The number of hydroxylamine groups is 2. The average Bonchev–Trinajstić information content (AvgIpc) is 2.53. The minimum Gasteiger partial charge on any atom is -0.463 e. The molecule has 2 saturated heterocycles. The van der Waals surface area contributed by atoms with Crippen LogP contribution in [-0.4, -0.2) is 72.9 Å². The minimum atomic E-state index is -4.93. The van der Waals surface area contributed by atoms with Gasteiger partial charge in [-0.05, 0) is 38.8 Å². The first kappa shape index (κ1) is 18.9. The van der Waals surface area contributed by atoms with Crippen molar-refractivity contribution < 1.29 is 31.9 Å². The summed E-state index contributed by atoms with van der Waals surface area (Å²) in [6.45, 7) is 1.74. The van der Waals surface area contributed by atoms with Gasteiger partial charge in [-0.25, -0.2) is 4.79 Å². The molecule has 2 heterocycles. The fourth-order valence-electron chi connectivity index (χ4n) is 2.88. The van der Waals surface area contributed by atoms with E-state index < -0.39 is 28.6 Å². The lowest BCUT2D eigenvalue weighted by atomic mass is 9.99. The number of hydrogen-bond donors (Lipinski definition) is 5. The maximum atomic E-state index is 12.2. The van der Waals surface area contributed by atoms with Gasteiger partial charge in [0, 0.05) is 12.6 Å². The summed E-state index contributed by atoms with van der Waals surface area (Å²) in [6, 6.07) is -1.18. The summed E-state index contributed by atoms with van der Waals surface area (Å²) in [7, 11) is -4.93. The molecule has 0 saturated carbocycles.